The van der Waals surface area contributed by atoms with Crippen molar-refractivity contribution in [3.8, 4) is 5.75 Å². The molecule has 18 heavy (non-hydrogen) atoms. The molecular formula is C13H17FN2O2. The van der Waals surface area contributed by atoms with Crippen LogP contribution in [0.3, 0.4) is 0 Å². The van der Waals surface area contributed by atoms with Gasteiger partial charge in [0, 0.05) is 17.8 Å². The van der Waals surface area contributed by atoms with E-state index in [9.17, 15) is 9.18 Å². The molecule has 2 N–H and O–H groups in total. The molecule has 1 fully saturated rings. The summed E-state index contributed by atoms with van der Waals surface area (Å²) in [5.41, 5.74) is 0.421. The Morgan fingerprint density at radius 3 is 2.94 bits per heavy atom. The van der Waals surface area contributed by atoms with Crippen molar-refractivity contribution in [2.24, 2.45) is 0 Å². The molecule has 1 aliphatic rings. The number of hydrogen-bond acceptors (Lipinski definition) is 3. The summed E-state index contributed by atoms with van der Waals surface area (Å²) in [6.07, 6.45) is 2.95. The van der Waals surface area contributed by atoms with Crippen molar-refractivity contribution in [2.75, 3.05) is 19.0 Å². The van der Waals surface area contributed by atoms with Crippen LogP contribution in [0, 0.1) is 5.82 Å². The third-order valence-electron chi connectivity index (χ3n) is 3.00. The molecular weight excluding hydrogens is 235 g/mol. The summed E-state index contributed by atoms with van der Waals surface area (Å²) in [4.78, 5) is 11.9. The zero-order chi connectivity index (χ0) is 13.0. The standard InChI is InChI=1S/C13H17FN2O2/c1-18-11-7-9(14)6-10(8-11)16-13(17)12-4-2-3-5-15-12/h6-8,12,15H,2-5H2,1H3,(H,16,17)/t12-/m1/s1. The lowest BCUT2D eigenvalue weighted by atomic mass is 10.0. The van der Waals surface area contributed by atoms with E-state index in [4.69, 9.17) is 4.74 Å². The molecule has 1 aromatic rings. The van der Waals surface area contributed by atoms with Gasteiger partial charge in [-0.3, -0.25) is 4.79 Å². The third kappa shape index (κ3) is 3.20. The summed E-state index contributed by atoms with van der Waals surface area (Å²) in [5.74, 6) is -0.162. The SMILES string of the molecule is COc1cc(F)cc(NC(=O)[C@H]2CCCCN2)c1. The first kappa shape index (κ1) is 12.8. The van der Waals surface area contributed by atoms with Gasteiger partial charge in [0.15, 0.2) is 0 Å². The van der Waals surface area contributed by atoms with Crippen LogP contribution in [0.5, 0.6) is 5.75 Å². The largest absolute Gasteiger partial charge is 0.497 e. The molecule has 1 aliphatic heterocycles. The fourth-order valence-electron chi connectivity index (χ4n) is 2.06. The first-order valence-electron chi connectivity index (χ1n) is 6.08. The van der Waals surface area contributed by atoms with Gasteiger partial charge in [-0.15, -0.1) is 0 Å². The Hall–Kier alpha value is -1.62. The van der Waals surface area contributed by atoms with Crippen molar-refractivity contribution in [3.63, 3.8) is 0 Å². The van der Waals surface area contributed by atoms with Gasteiger partial charge in [0.2, 0.25) is 5.91 Å². The summed E-state index contributed by atoms with van der Waals surface area (Å²) < 4.78 is 18.2. The molecule has 1 amide bonds. The molecule has 0 spiro atoms. The number of halogens is 1. The van der Waals surface area contributed by atoms with E-state index in [1.807, 2.05) is 0 Å². The van der Waals surface area contributed by atoms with Gasteiger partial charge in [0.25, 0.3) is 0 Å². The number of carbonyl (C=O) groups is 1. The minimum atomic E-state index is -0.429. The summed E-state index contributed by atoms with van der Waals surface area (Å²) in [6, 6.07) is 3.97. The first-order chi connectivity index (χ1) is 8.69. The first-order valence-corrected chi connectivity index (χ1v) is 6.08. The highest BCUT2D eigenvalue weighted by molar-refractivity contribution is 5.95. The van der Waals surface area contributed by atoms with Gasteiger partial charge in [0.05, 0.1) is 13.2 Å². The van der Waals surface area contributed by atoms with E-state index < -0.39 is 5.82 Å². The van der Waals surface area contributed by atoms with Crippen LogP contribution >= 0.6 is 0 Å². The fourth-order valence-corrected chi connectivity index (χ4v) is 2.06. The van der Waals surface area contributed by atoms with Crippen LogP contribution < -0.4 is 15.4 Å². The molecule has 2 rings (SSSR count). The second-order valence-corrected chi connectivity index (χ2v) is 4.37. The zero-order valence-electron chi connectivity index (χ0n) is 10.3. The lowest BCUT2D eigenvalue weighted by Crippen LogP contribution is -2.43. The van der Waals surface area contributed by atoms with Crippen LogP contribution in [0.2, 0.25) is 0 Å². The Morgan fingerprint density at radius 2 is 2.28 bits per heavy atom. The fraction of sp³-hybridized carbons (Fsp3) is 0.462. The maximum Gasteiger partial charge on any atom is 0.241 e. The van der Waals surface area contributed by atoms with Crippen LogP contribution in [0.25, 0.3) is 0 Å². The van der Waals surface area contributed by atoms with Crippen LogP contribution in [-0.4, -0.2) is 25.6 Å². The van der Waals surface area contributed by atoms with E-state index in [2.05, 4.69) is 10.6 Å². The number of methoxy groups -OCH3 is 1. The lowest BCUT2D eigenvalue weighted by molar-refractivity contribution is -0.118. The van der Waals surface area contributed by atoms with Crippen molar-refractivity contribution in [1.29, 1.82) is 0 Å². The summed E-state index contributed by atoms with van der Waals surface area (Å²) >= 11 is 0. The minimum Gasteiger partial charge on any atom is -0.497 e. The van der Waals surface area contributed by atoms with E-state index in [-0.39, 0.29) is 11.9 Å². The van der Waals surface area contributed by atoms with Crippen LogP contribution in [0.15, 0.2) is 18.2 Å². The van der Waals surface area contributed by atoms with Crippen molar-refractivity contribution in [1.82, 2.24) is 5.32 Å². The van der Waals surface area contributed by atoms with E-state index in [1.165, 1.54) is 19.2 Å². The summed E-state index contributed by atoms with van der Waals surface area (Å²) in [6.45, 7) is 0.852. The molecule has 98 valence electrons. The summed E-state index contributed by atoms with van der Waals surface area (Å²) in [5, 5.41) is 5.85. The predicted molar refractivity (Wildman–Crippen MR) is 67.2 cm³/mol. The Labute approximate surface area is 106 Å². The van der Waals surface area contributed by atoms with Gasteiger partial charge in [-0.1, -0.05) is 6.42 Å². The molecule has 1 atom stereocenters. The molecule has 1 heterocycles. The lowest BCUT2D eigenvalue weighted by Gasteiger charge is -2.22. The van der Waals surface area contributed by atoms with Gasteiger partial charge >= 0.3 is 0 Å². The molecule has 5 heteroatoms. The predicted octanol–water partition coefficient (Wildman–Crippen LogP) is 1.91. The summed E-state index contributed by atoms with van der Waals surface area (Å²) in [7, 11) is 1.46. The molecule has 0 aliphatic carbocycles. The highest BCUT2D eigenvalue weighted by Crippen LogP contribution is 2.20. The zero-order valence-corrected chi connectivity index (χ0v) is 10.3. The van der Waals surface area contributed by atoms with Gasteiger partial charge in [-0.25, -0.2) is 4.39 Å². The Morgan fingerprint density at radius 1 is 1.44 bits per heavy atom. The molecule has 1 saturated heterocycles. The van der Waals surface area contributed by atoms with Gasteiger partial charge in [-0.05, 0) is 25.5 Å². The van der Waals surface area contributed by atoms with Crippen LogP contribution in [-0.2, 0) is 4.79 Å². The highest BCUT2D eigenvalue weighted by atomic mass is 19.1. The molecule has 0 aromatic heterocycles. The average Bonchev–Trinajstić information content (AvgIpc) is 2.39. The number of nitrogens with one attached hydrogen (secondary N) is 2. The van der Waals surface area contributed by atoms with E-state index >= 15 is 0 Å². The number of amides is 1. The number of hydrogen-bond donors (Lipinski definition) is 2. The molecule has 0 bridgehead atoms. The molecule has 0 radical (unpaired) electrons. The van der Waals surface area contributed by atoms with Crippen LogP contribution in [0.4, 0.5) is 10.1 Å². The Kier molecular flexibility index (Phi) is 4.15. The Bertz CT molecular complexity index is 431. The number of anilines is 1. The maximum absolute atomic E-state index is 13.3. The number of carbonyl (C=O) groups excluding carboxylic acids is 1. The number of rotatable bonds is 3. The monoisotopic (exact) mass is 252 g/mol. The van der Waals surface area contributed by atoms with Gasteiger partial charge < -0.3 is 15.4 Å². The second kappa shape index (κ2) is 5.82. The normalized spacial score (nSPS) is 19.3. The number of piperidine rings is 1. The highest BCUT2D eigenvalue weighted by Gasteiger charge is 2.20. The second-order valence-electron chi connectivity index (χ2n) is 4.37. The van der Waals surface area contributed by atoms with Crippen molar-refractivity contribution < 1.29 is 13.9 Å². The van der Waals surface area contributed by atoms with E-state index in [0.717, 1.165) is 25.8 Å². The Balaban J connectivity index is 2.03. The van der Waals surface area contributed by atoms with Gasteiger partial charge in [-0.2, -0.15) is 0 Å². The molecule has 4 nitrogen and oxygen atoms in total. The van der Waals surface area contributed by atoms with E-state index in [1.54, 1.807) is 6.07 Å². The van der Waals surface area contributed by atoms with Gasteiger partial charge in [0.1, 0.15) is 11.6 Å². The molecule has 0 unspecified atom stereocenters. The van der Waals surface area contributed by atoms with Crippen molar-refractivity contribution in [2.45, 2.75) is 25.3 Å². The van der Waals surface area contributed by atoms with Crippen molar-refractivity contribution in [3.05, 3.63) is 24.0 Å². The van der Waals surface area contributed by atoms with E-state index in [0.29, 0.717) is 11.4 Å². The maximum atomic E-state index is 13.3. The average molecular weight is 252 g/mol. The topological polar surface area (TPSA) is 50.4 Å². The number of ether oxygens (including phenoxy) is 1. The van der Waals surface area contributed by atoms with Crippen LogP contribution in [0.1, 0.15) is 19.3 Å². The molecule has 0 saturated carbocycles. The smallest absolute Gasteiger partial charge is 0.241 e. The molecule has 1 aromatic carbocycles. The van der Waals surface area contributed by atoms with Crippen molar-refractivity contribution >= 4 is 11.6 Å². The third-order valence-corrected chi connectivity index (χ3v) is 3.00. The number of benzene rings is 1. The minimum absolute atomic E-state index is 0.123. The quantitative estimate of drug-likeness (QED) is 0.864.